The van der Waals surface area contributed by atoms with E-state index in [4.69, 9.17) is 4.74 Å². The van der Waals surface area contributed by atoms with E-state index in [1.807, 2.05) is 42.5 Å². The normalized spacial score (nSPS) is 12.8. The van der Waals surface area contributed by atoms with Crippen LogP contribution in [0.5, 0.6) is 5.75 Å². The standard InChI is InChI=1S/C21H24N2O3/c1-14(2)16-5-8-19(9-6-16)26-13-21(25)22-18-7-4-17-10-11-23(15(3)24)20(17)12-18/h4-9,12,14H,10-11,13H2,1-3H3,(H,22,25). The van der Waals surface area contributed by atoms with Crippen LogP contribution < -0.4 is 15.0 Å². The largest absolute Gasteiger partial charge is 0.484 e. The first-order valence-corrected chi connectivity index (χ1v) is 8.87. The Kier molecular flexibility index (Phi) is 5.26. The highest BCUT2D eigenvalue weighted by Gasteiger charge is 2.22. The Morgan fingerprint density at radius 3 is 2.54 bits per heavy atom. The van der Waals surface area contributed by atoms with Crippen molar-refractivity contribution in [3.63, 3.8) is 0 Å². The molecule has 1 aliphatic rings. The molecule has 136 valence electrons. The number of carbonyl (C=O) groups excluding carboxylic acids is 2. The zero-order valence-electron chi connectivity index (χ0n) is 15.4. The van der Waals surface area contributed by atoms with E-state index in [2.05, 4.69) is 19.2 Å². The lowest BCUT2D eigenvalue weighted by molar-refractivity contribution is -0.118. The first-order valence-electron chi connectivity index (χ1n) is 8.87. The van der Waals surface area contributed by atoms with Crippen LogP contribution in [0.15, 0.2) is 42.5 Å². The Morgan fingerprint density at radius 1 is 1.15 bits per heavy atom. The average molecular weight is 352 g/mol. The van der Waals surface area contributed by atoms with Gasteiger partial charge in [-0.1, -0.05) is 32.0 Å². The van der Waals surface area contributed by atoms with Gasteiger partial charge in [0, 0.05) is 24.8 Å². The minimum Gasteiger partial charge on any atom is -0.484 e. The molecule has 1 aliphatic heterocycles. The van der Waals surface area contributed by atoms with Crippen LogP contribution in [0.25, 0.3) is 0 Å². The van der Waals surface area contributed by atoms with E-state index in [1.54, 1.807) is 11.8 Å². The molecule has 1 N–H and O–H groups in total. The molecule has 0 radical (unpaired) electrons. The van der Waals surface area contributed by atoms with E-state index in [-0.39, 0.29) is 18.4 Å². The van der Waals surface area contributed by atoms with Crippen molar-refractivity contribution >= 4 is 23.2 Å². The lowest BCUT2D eigenvalue weighted by Crippen LogP contribution is -2.26. The number of amides is 2. The van der Waals surface area contributed by atoms with Gasteiger partial charge in [0.1, 0.15) is 5.75 Å². The van der Waals surface area contributed by atoms with Gasteiger partial charge >= 0.3 is 0 Å². The highest BCUT2D eigenvalue weighted by Crippen LogP contribution is 2.30. The molecule has 2 aromatic carbocycles. The molecule has 0 spiro atoms. The quantitative estimate of drug-likeness (QED) is 0.892. The zero-order valence-corrected chi connectivity index (χ0v) is 15.4. The number of benzene rings is 2. The summed E-state index contributed by atoms with van der Waals surface area (Å²) in [6.07, 6.45) is 0.846. The van der Waals surface area contributed by atoms with E-state index in [9.17, 15) is 9.59 Å². The predicted octanol–water partition coefficient (Wildman–Crippen LogP) is 3.74. The van der Waals surface area contributed by atoms with Gasteiger partial charge in [-0.3, -0.25) is 9.59 Å². The predicted molar refractivity (Wildman–Crippen MR) is 103 cm³/mol. The smallest absolute Gasteiger partial charge is 0.262 e. The Balaban J connectivity index is 1.58. The SMILES string of the molecule is CC(=O)N1CCc2ccc(NC(=O)COc3ccc(C(C)C)cc3)cc21. The summed E-state index contributed by atoms with van der Waals surface area (Å²) in [6.45, 7) is 6.45. The molecule has 0 aliphatic carbocycles. The maximum absolute atomic E-state index is 12.2. The first kappa shape index (κ1) is 18.0. The third kappa shape index (κ3) is 4.04. The molecule has 5 nitrogen and oxygen atoms in total. The molecular weight excluding hydrogens is 328 g/mol. The van der Waals surface area contributed by atoms with E-state index in [1.165, 1.54) is 5.56 Å². The maximum atomic E-state index is 12.2. The number of hydrogen-bond acceptors (Lipinski definition) is 3. The molecule has 0 bridgehead atoms. The fraction of sp³-hybridized carbons (Fsp3) is 0.333. The molecule has 0 unspecified atom stereocenters. The van der Waals surface area contributed by atoms with Gasteiger partial charge in [-0.25, -0.2) is 0 Å². The van der Waals surface area contributed by atoms with Crippen molar-refractivity contribution in [2.45, 2.75) is 33.1 Å². The number of carbonyl (C=O) groups is 2. The van der Waals surface area contributed by atoms with Crippen LogP contribution in [-0.4, -0.2) is 25.0 Å². The van der Waals surface area contributed by atoms with Crippen LogP contribution in [0.1, 0.15) is 37.8 Å². The molecule has 0 atom stereocenters. The summed E-state index contributed by atoms with van der Waals surface area (Å²) in [5.74, 6) is 0.911. The summed E-state index contributed by atoms with van der Waals surface area (Å²) in [7, 11) is 0. The summed E-state index contributed by atoms with van der Waals surface area (Å²) < 4.78 is 5.55. The molecule has 0 aromatic heterocycles. The number of nitrogens with one attached hydrogen (secondary N) is 1. The van der Waals surface area contributed by atoms with Crippen LogP contribution >= 0.6 is 0 Å². The van der Waals surface area contributed by atoms with Crippen LogP contribution in [0.3, 0.4) is 0 Å². The van der Waals surface area contributed by atoms with Gasteiger partial charge in [-0.2, -0.15) is 0 Å². The van der Waals surface area contributed by atoms with Crippen LogP contribution in [0, 0.1) is 0 Å². The molecule has 3 rings (SSSR count). The summed E-state index contributed by atoms with van der Waals surface area (Å²) in [5, 5.41) is 2.83. The molecular formula is C21H24N2O3. The molecule has 0 saturated heterocycles. The Bertz CT molecular complexity index is 813. The third-order valence-electron chi connectivity index (χ3n) is 4.56. The number of rotatable bonds is 5. The number of nitrogens with zero attached hydrogens (tertiary/aromatic N) is 1. The van der Waals surface area contributed by atoms with Crippen LogP contribution in [0.2, 0.25) is 0 Å². The van der Waals surface area contributed by atoms with Gasteiger partial charge in [0.05, 0.1) is 0 Å². The Labute approximate surface area is 154 Å². The van der Waals surface area contributed by atoms with Crippen molar-refractivity contribution < 1.29 is 14.3 Å². The van der Waals surface area contributed by atoms with Crippen molar-refractivity contribution in [2.24, 2.45) is 0 Å². The Hall–Kier alpha value is -2.82. The highest BCUT2D eigenvalue weighted by molar-refractivity contribution is 5.96. The zero-order chi connectivity index (χ0) is 18.7. The minimum absolute atomic E-state index is 0.0143. The lowest BCUT2D eigenvalue weighted by Gasteiger charge is -2.16. The van der Waals surface area contributed by atoms with Crippen molar-refractivity contribution in [3.8, 4) is 5.75 Å². The fourth-order valence-electron chi connectivity index (χ4n) is 3.08. The van der Waals surface area contributed by atoms with Crippen molar-refractivity contribution in [2.75, 3.05) is 23.4 Å². The third-order valence-corrected chi connectivity index (χ3v) is 4.56. The summed E-state index contributed by atoms with van der Waals surface area (Å²) >= 11 is 0. The number of fused-ring (bicyclic) bond motifs is 1. The molecule has 5 heteroatoms. The van der Waals surface area contributed by atoms with Gasteiger partial charge in [0.25, 0.3) is 5.91 Å². The van der Waals surface area contributed by atoms with E-state index in [0.717, 1.165) is 17.7 Å². The monoisotopic (exact) mass is 352 g/mol. The van der Waals surface area contributed by atoms with Gasteiger partial charge < -0.3 is 15.0 Å². The second kappa shape index (κ2) is 7.60. The van der Waals surface area contributed by atoms with E-state index < -0.39 is 0 Å². The van der Waals surface area contributed by atoms with Crippen LogP contribution in [-0.2, 0) is 16.0 Å². The number of anilines is 2. The van der Waals surface area contributed by atoms with Crippen molar-refractivity contribution in [1.82, 2.24) is 0 Å². The molecule has 2 amide bonds. The van der Waals surface area contributed by atoms with E-state index >= 15 is 0 Å². The van der Waals surface area contributed by atoms with E-state index in [0.29, 0.717) is 23.9 Å². The fourth-order valence-corrected chi connectivity index (χ4v) is 3.08. The Morgan fingerprint density at radius 2 is 1.88 bits per heavy atom. The van der Waals surface area contributed by atoms with Crippen molar-refractivity contribution in [3.05, 3.63) is 53.6 Å². The first-order chi connectivity index (χ1) is 12.4. The van der Waals surface area contributed by atoms with Crippen molar-refractivity contribution in [1.29, 1.82) is 0 Å². The molecule has 1 heterocycles. The number of ether oxygens (including phenoxy) is 1. The molecule has 0 saturated carbocycles. The molecule has 2 aromatic rings. The summed E-state index contributed by atoms with van der Waals surface area (Å²) in [4.78, 5) is 25.6. The minimum atomic E-state index is -0.231. The molecule has 0 fully saturated rings. The summed E-state index contributed by atoms with van der Waals surface area (Å²) in [6, 6.07) is 13.4. The van der Waals surface area contributed by atoms with Gasteiger partial charge in [-0.15, -0.1) is 0 Å². The van der Waals surface area contributed by atoms with Gasteiger partial charge in [0.15, 0.2) is 6.61 Å². The maximum Gasteiger partial charge on any atom is 0.262 e. The molecule has 26 heavy (non-hydrogen) atoms. The van der Waals surface area contributed by atoms with Crippen LogP contribution in [0.4, 0.5) is 11.4 Å². The summed E-state index contributed by atoms with van der Waals surface area (Å²) in [5.41, 5.74) is 3.90. The second-order valence-electron chi connectivity index (χ2n) is 6.82. The van der Waals surface area contributed by atoms with Gasteiger partial charge in [-0.05, 0) is 47.7 Å². The van der Waals surface area contributed by atoms with Gasteiger partial charge in [0.2, 0.25) is 5.91 Å². The lowest BCUT2D eigenvalue weighted by atomic mass is 10.0. The number of hydrogen-bond donors (Lipinski definition) is 1. The average Bonchev–Trinajstić information content (AvgIpc) is 3.04. The second-order valence-corrected chi connectivity index (χ2v) is 6.82. The highest BCUT2D eigenvalue weighted by atomic mass is 16.5. The topological polar surface area (TPSA) is 58.6 Å².